The Kier molecular flexibility index (Phi) is 19.0. The molecule has 0 aliphatic heterocycles. The number of benzene rings is 2. The Balaban J connectivity index is -0.000000366. The lowest BCUT2D eigenvalue weighted by Crippen LogP contribution is -2.00. The molecule has 0 amide bonds. The average molecular weight is 433 g/mol. The average Bonchev–Trinajstić information content (AvgIpc) is 2.62. The van der Waals surface area contributed by atoms with E-state index in [2.05, 4.69) is 20.4 Å². The molecule has 0 fully saturated rings. The lowest BCUT2D eigenvalue weighted by atomic mass is 10.1. The van der Waals surface area contributed by atoms with E-state index in [4.69, 9.17) is 0 Å². The summed E-state index contributed by atoms with van der Waals surface area (Å²) in [6.45, 7) is 18.3. The van der Waals surface area contributed by atoms with Gasteiger partial charge in [0.05, 0.1) is 0 Å². The molecule has 0 radical (unpaired) electrons. The largest absolute Gasteiger partial charge is 0.319 e. The summed E-state index contributed by atoms with van der Waals surface area (Å²) in [6, 6.07) is 16.3. The van der Waals surface area contributed by atoms with Crippen LogP contribution in [0, 0.1) is 0 Å². The van der Waals surface area contributed by atoms with Crippen molar-refractivity contribution in [3.05, 3.63) is 77.9 Å². The third-order valence-corrected chi connectivity index (χ3v) is 4.60. The van der Waals surface area contributed by atoms with Gasteiger partial charge in [-0.1, -0.05) is 81.8 Å². The van der Waals surface area contributed by atoms with Gasteiger partial charge in [-0.05, 0) is 47.1 Å². The van der Waals surface area contributed by atoms with Gasteiger partial charge in [0.25, 0.3) is 0 Å². The smallest absolute Gasteiger partial charge is 0.159 e. The van der Waals surface area contributed by atoms with Crippen molar-refractivity contribution in [3.63, 3.8) is 0 Å². The van der Waals surface area contributed by atoms with E-state index in [1.165, 1.54) is 25.8 Å². The molecule has 2 rings (SSSR count). The first-order valence-electron chi connectivity index (χ1n) is 9.71. The number of hydrogen-bond donors (Lipinski definition) is 0. The lowest BCUT2D eigenvalue weighted by Gasteiger charge is -2.04. The summed E-state index contributed by atoms with van der Waals surface area (Å²) in [7, 11) is -2.02. The summed E-state index contributed by atoms with van der Waals surface area (Å²) in [5, 5.41) is 0.954. The first kappa shape index (κ1) is 32.4. The van der Waals surface area contributed by atoms with Crippen LogP contribution in [0.2, 0.25) is 0 Å². The number of Topliss-reactive ketones (excluding diaryl/α,β-unsaturated/α-hetero) is 2. The highest BCUT2D eigenvalue weighted by atomic mass is 31.2. The fourth-order valence-electron chi connectivity index (χ4n) is 1.74. The summed E-state index contributed by atoms with van der Waals surface area (Å²) >= 11 is 0. The third-order valence-electron chi connectivity index (χ3n) is 3.05. The van der Waals surface area contributed by atoms with E-state index >= 15 is 0 Å². The van der Waals surface area contributed by atoms with Crippen LogP contribution in [0.25, 0.3) is 0 Å². The molecule has 0 aromatic heterocycles. The highest BCUT2D eigenvalue weighted by Crippen LogP contribution is 2.33. The fourth-order valence-corrected chi connectivity index (χ4v) is 2.63. The van der Waals surface area contributed by atoms with E-state index < -0.39 is 7.14 Å². The van der Waals surface area contributed by atoms with Crippen LogP contribution in [-0.4, -0.2) is 24.9 Å². The maximum absolute atomic E-state index is 11.4. The first-order valence-corrected chi connectivity index (χ1v) is 12.3. The molecule has 3 nitrogen and oxygen atoms in total. The maximum Gasteiger partial charge on any atom is 0.159 e. The molecule has 0 N–H and O–H groups in total. The molecule has 30 heavy (non-hydrogen) atoms. The van der Waals surface area contributed by atoms with E-state index in [-0.39, 0.29) is 19.0 Å². The minimum absolute atomic E-state index is 0. The second-order valence-corrected chi connectivity index (χ2v) is 10.5. The second kappa shape index (κ2) is 17.6. The Bertz CT molecular complexity index is 769. The molecule has 2 aromatic carbocycles. The molecule has 0 aliphatic carbocycles. The van der Waals surface area contributed by atoms with Gasteiger partial charge in [0.15, 0.2) is 11.6 Å². The summed E-state index contributed by atoms with van der Waals surface area (Å²) in [4.78, 5) is 21.8. The number of carbonyl (C=O) groups excluding carboxylic acids is 2. The molecule has 0 heterocycles. The molecule has 0 bridgehead atoms. The topological polar surface area (TPSA) is 51.2 Å². The van der Waals surface area contributed by atoms with Gasteiger partial charge in [0, 0.05) is 16.4 Å². The minimum atomic E-state index is -2.02. The standard InChI is InChI=1S/C10H10O2.C8H11OP.C4H8.C3H8.CH4/c1-7(11)9-4-3-5-10(6-9)8(2)12;1-10(2,9)8-6-4-3-5-7-8;1-4(2)3;1-3-2;/h3-6H,1-2H3;3-7H,1-2H3;1H2,2-3H3;3H2,1-2H3;1H4. The van der Waals surface area contributed by atoms with E-state index in [0.29, 0.717) is 11.1 Å². The first-order chi connectivity index (χ1) is 13.4. The normalized spacial score (nSPS) is 9.07. The molecule has 0 saturated carbocycles. The quantitative estimate of drug-likeness (QED) is 0.284. The Morgan fingerprint density at radius 2 is 1.13 bits per heavy atom. The lowest BCUT2D eigenvalue weighted by molar-refractivity contribution is 0.101. The Morgan fingerprint density at radius 3 is 1.37 bits per heavy atom. The fraction of sp³-hybridized carbons (Fsp3) is 0.385. The maximum atomic E-state index is 11.4. The van der Waals surface area contributed by atoms with Gasteiger partial charge in [-0.25, -0.2) is 0 Å². The zero-order chi connectivity index (χ0) is 23.0. The van der Waals surface area contributed by atoms with E-state index in [0.717, 1.165) is 5.30 Å². The van der Waals surface area contributed by atoms with Crippen LogP contribution in [0.5, 0.6) is 0 Å². The SMILES string of the molecule is C.C=C(C)C.CC(=O)c1cccc(C(C)=O)c1.CCC.CP(C)(=O)c1ccccc1. The highest BCUT2D eigenvalue weighted by Gasteiger charge is 2.08. The predicted octanol–water partition coefficient (Wildman–Crippen LogP) is 7.66. The van der Waals surface area contributed by atoms with Crippen molar-refractivity contribution < 1.29 is 14.2 Å². The number of allylic oxidation sites excluding steroid dienone is 1. The van der Waals surface area contributed by atoms with Gasteiger partial charge in [-0.2, -0.15) is 0 Å². The zero-order valence-electron chi connectivity index (χ0n) is 19.3. The van der Waals surface area contributed by atoms with Crippen LogP contribution in [0.15, 0.2) is 66.7 Å². The van der Waals surface area contributed by atoms with Crippen molar-refractivity contribution in [2.75, 3.05) is 13.3 Å². The Labute approximate surface area is 185 Å². The zero-order valence-corrected chi connectivity index (χ0v) is 20.2. The number of carbonyl (C=O) groups is 2. The molecule has 0 atom stereocenters. The van der Waals surface area contributed by atoms with E-state index in [1.54, 1.807) is 37.6 Å². The summed E-state index contributed by atoms with van der Waals surface area (Å²) in [5.74, 6) is -0.0313. The van der Waals surface area contributed by atoms with Crippen LogP contribution in [-0.2, 0) is 4.57 Å². The summed E-state index contributed by atoms with van der Waals surface area (Å²) < 4.78 is 11.4. The molecule has 4 heteroatoms. The van der Waals surface area contributed by atoms with Gasteiger partial charge in [-0.3, -0.25) is 9.59 Å². The highest BCUT2D eigenvalue weighted by molar-refractivity contribution is 7.70. The number of hydrogen-bond acceptors (Lipinski definition) is 3. The molecule has 0 unspecified atom stereocenters. The molecule has 168 valence electrons. The van der Waals surface area contributed by atoms with Gasteiger partial charge < -0.3 is 4.57 Å². The van der Waals surface area contributed by atoms with Crippen molar-refractivity contribution in [3.8, 4) is 0 Å². The molecule has 0 spiro atoms. The molecular weight excluding hydrogens is 391 g/mol. The van der Waals surface area contributed by atoms with Crippen LogP contribution >= 0.6 is 7.14 Å². The van der Waals surface area contributed by atoms with Gasteiger partial charge in [-0.15, -0.1) is 6.58 Å². The van der Waals surface area contributed by atoms with Crippen molar-refractivity contribution in [2.45, 2.75) is 55.4 Å². The third kappa shape index (κ3) is 17.8. The van der Waals surface area contributed by atoms with E-state index in [9.17, 15) is 14.2 Å². The second-order valence-electron chi connectivity index (χ2n) is 7.29. The predicted molar refractivity (Wildman–Crippen MR) is 135 cm³/mol. The van der Waals surface area contributed by atoms with Crippen LogP contribution in [0.4, 0.5) is 0 Å². The molecule has 0 aliphatic rings. The van der Waals surface area contributed by atoms with Crippen LogP contribution in [0.3, 0.4) is 0 Å². The van der Waals surface area contributed by atoms with Crippen LogP contribution in [0.1, 0.15) is 76.1 Å². The van der Waals surface area contributed by atoms with Crippen molar-refractivity contribution >= 4 is 24.0 Å². The molecular formula is C26H41O3P. The minimum Gasteiger partial charge on any atom is -0.319 e. The molecule has 0 saturated heterocycles. The molecule has 2 aromatic rings. The summed E-state index contributed by atoms with van der Waals surface area (Å²) in [5.41, 5.74) is 2.34. The summed E-state index contributed by atoms with van der Waals surface area (Å²) in [6.07, 6.45) is 1.25. The Morgan fingerprint density at radius 1 is 0.800 bits per heavy atom. The van der Waals surface area contributed by atoms with Crippen molar-refractivity contribution in [2.24, 2.45) is 0 Å². The monoisotopic (exact) mass is 432 g/mol. The Hall–Kier alpha value is -2.25. The van der Waals surface area contributed by atoms with Gasteiger partial charge in [0.1, 0.15) is 7.14 Å². The van der Waals surface area contributed by atoms with E-state index in [1.807, 2.05) is 44.2 Å². The number of rotatable bonds is 3. The number of ketones is 2. The van der Waals surface area contributed by atoms with Gasteiger partial charge >= 0.3 is 0 Å². The van der Waals surface area contributed by atoms with Crippen molar-refractivity contribution in [1.82, 2.24) is 0 Å². The van der Waals surface area contributed by atoms with Crippen molar-refractivity contribution in [1.29, 1.82) is 0 Å². The van der Waals surface area contributed by atoms with Gasteiger partial charge in [0.2, 0.25) is 0 Å². The van der Waals surface area contributed by atoms with Crippen LogP contribution < -0.4 is 5.30 Å².